The van der Waals surface area contributed by atoms with Crippen LogP contribution in [-0.4, -0.2) is 23.3 Å². The molecule has 0 heterocycles. The van der Waals surface area contributed by atoms with Crippen LogP contribution in [0.1, 0.15) is 5.56 Å². The van der Waals surface area contributed by atoms with Crippen molar-refractivity contribution < 1.29 is 32.0 Å². The molecule has 0 aliphatic rings. The van der Waals surface area contributed by atoms with Gasteiger partial charge in [-0.15, -0.1) is 0 Å². The van der Waals surface area contributed by atoms with Crippen molar-refractivity contribution in [3.05, 3.63) is 23.8 Å². The van der Waals surface area contributed by atoms with E-state index >= 15 is 0 Å². The Morgan fingerprint density at radius 2 is 1.59 bits per heavy atom. The van der Waals surface area contributed by atoms with E-state index in [9.17, 15) is 22.0 Å². The molecule has 0 radical (unpaired) electrons. The van der Waals surface area contributed by atoms with Gasteiger partial charge in [0.2, 0.25) is 0 Å². The molecule has 0 fully saturated rings. The minimum Gasteiger partial charge on any atom is -0.423 e. The van der Waals surface area contributed by atoms with E-state index in [1.54, 1.807) is 0 Å². The summed E-state index contributed by atoms with van der Waals surface area (Å²) >= 11 is 0. The van der Waals surface area contributed by atoms with Gasteiger partial charge in [-0.3, -0.25) is 0 Å². The summed E-state index contributed by atoms with van der Waals surface area (Å²) in [5.74, 6) is -5.25. The predicted octanol–water partition coefficient (Wildman–Crippen LogP) is 0.603. The van der Waals surface area contributed by atoms with Crippen LogP contribution in [0.3, 0.4) is 0 Å². The van der Waals surface area contributed by atoms with E-state index in [0.717, 1.165) is 18.2 Å². The number of hydrogen-bond acceptors (Lipinski definition) is 3. The maximum atomic E-state index is 13.1. The lowest BCUT2D eigenvalue weighted by Gasteiger charge is -2.23. The van der Waals surface area contributed by atoms with Gasteiger partial charge < -0.3 is 15.8 Å². The lowest BCUT2D eigenvalue weighted by Crippen LogP contribution is -2.44. The number of rotatable bonds is 2. The fraction of sp³-hybridized carbons (Fsp3) is 0.250. The summed E-state index contributed by atoms with van der Waals surface area (Å²) in [6.45, 7) is 0. The van der Waals surface area contributed by atoms with Crippen LogP contribution >= 0.6 is 0 Å². The third-order valence-electron chi connectivity index (χ3n) is 2.08. The molecule has 1 aromatic carbocycles. The monoisotopic (exact) mass is 255 g/mol. The number of alkyl halides is 5. The first kappa shape index (κ1) is 13.7. The first-order valence-electron chi connectivity index (χ1n) is 4.28. The number of nitrogens with two attached hydrogens (primary N) is 1. The van der Waals surface area contributed by atoms with Gasteiger partial charge in [0.05, 0.1) is 5.56 Å². The summed E-state index contributed by atoms with van der Waals surface area (Å²) in [6.07, 6.45) is -5.87. The molecule has 9 heteroatoms. The summed E-state index contributed by atoms with van der Waals surface area (Å²) in [4.78, 5) is 0. The van der Waals surface area contributed by atoms with Crippen molar-refractivity contribution in [2.75, 3.05) is 5.73 Å². The van der Waals surface area contributed by atoms with E-state index in [-0.39, 0.29) is 0 Å². The van der Waals surface area contributed by atoms with Crippen LogP contribution in [0.2, 0.25) is 0 Å². The van der Waals surface area contributed by atoms with E-state index < -0.39 is 35.9 Å². The molecular weight excluding hydrogens is 248 g/mol. The maximum Gasteiger partial charge on any atom is 0.489 e. The van der Waals surface area contributed by atoms with Crippen LogP contribution in [0.5, 0.6) is 0 Å². The van der Waals surface area contributed by atoms with Gasteiger partial charge >= 0.3 is 19.2 Å². The lowest BCUT2D eigenvalue weighted by atomic mass is 9.75. The minimum atomic E-state index is -5.87. The largest absolute Gasteiger partial charge is 0.489 e. The van der Waals surface area contributed by atoms with Crippen molar-refractivity contribution >= 4 is 18.3 Å². The fourth-order valence-corrected chi connectivity index (χ4v) is 1.31. The Balaban J connectivity index is 3.50. The second-order valence-electron chi connectivity index (χ2n) is 3.26. The summed E-state index contributed by atoms with van der Waals surface area (Å²) in [6, 6.07) is 2.59. The van der Waals surface area contributed by atoms with Crippen molar-refractivity contribution in [2.45, 2.75) is 12.1 Å². The van der Waals surface area contributed by atoms with Gasteiger partial charge in [-0.25, -0.2) is 0 Å². The van der Waals surface area contributed by atoms with Crippen molar-refractivity contribution in [2.24, 2.45) is 0 Å². The van der Waals surface area contributed by atoms with Crippen molar-refractivity contribution in [1.82, 2.24) is 0 Å². The Kier molecular flexibility index (Phi) is 3.35. The number of halogens is 5. The zero-order valence-electron chi connectivity index (χ0n) is 8.17. The molecule has 1 aromatic rings. The standard InChI is InChI=1S/C8H7BF5NO2/c10-7(11,8(12,13)14)6-4(9(16)17)2-1-3-5(6)15/h1-3,16-17H,15H2. The summed E-state index contributed by atoms with van der Waals surface area (Å²) in [5, 5.41) is 17.5. The second-order valence-corrected chi connectivity index (χ2v) is 3.26. The van der Waals surface area contributed by atoms with E-state index in [2.05, 4.69) is 0 Å². The molecule has 0 amide bonds. The average molecular weight is 255 g/mol. The second kappa shape index (κ2) is 4.15. The highest BCUT2D eigenvalue weighted by Crippen LogP contribution is 2.45. The third kappa shape index (κ3) is 2.34. The molecule has 0 unspecified atom stereocenters. The van der Waals surface area contributed by atoms with Gasteiger partial charge in [0.25, 0.3) is 0 Å². The number of benzene rings is 1. The van der Waals surface area contributed by atoms with Crippen molar-refractivity contribution in [3.8, 4) is 0 Å². The SMILES string of the molecule is Nc1cccc(B(O)O)c1C(F)(F)C(F)(F)F. The van der Waals surface area contributed by atoms with Gasteiger partial charge in [0, 0.05) is 5.69 Å². The van der Waals surface area contributed by atoms with E-state index in [0.29, 0.717) is 0 Å². The zero-order chi connectivity index (χ0) is 13.4. The zero-order valence-corrected chi connectivity index (χ0v) is 8.17. The van der Waals surface area contributed by atoms with Gasteiger partial charge in [-0.2, -0.15) is 22.0 Å². The van der Waals surface area contributed by atoms with Crippen LogP contribution in [0.4, 0.5) is 27.6 Å². The Morgan fingerprint density at radius 1 is 1.06 bits per heavy atom. The van der Waals surface area contributed by atoms with E-state index in [1.807, 2.05) is 0 Å². The van der Waals surface area contributed by atoms with Gasteiger partial charge in [0.15, 0.2) is 0 Å². The topological polar surface area (TPSA) is 66.5 Å². The molecule has 0 saturated heterocycles. The molecule has 4 N–H and O–H groups in total. The number of nitrogen functional groups attached to an aromatic ring is 1. The van der Waals surface area contributed by atoms with E-state index in [4.69, 9.17) is 15.8 Å². The highest BCUT2D eigenvalue weighted by Gasteiger charge is 2.60. The fourth-order valence-electron chi connectivity index (χ4n) is 1.31. The first-order valence-corrected chi connectivity index (χ1v) is 4.28. The predicted molar refractivity (Wildman–Crippen MR) is 50.6 cm³/mol. The van der Waals surface area contributed by atoms with Crippen LogP contribution in [0, 0.1) is 0 Å². The normalized spacial score (nSPS) is 12.6. The molecule has 0 atom stereocenters. The highest BCUT2D eigenvalue weighted by atomic mass is 19.4. The molecule has 0 aliphatic heterocycles. The molecule has 17 heavy (non-hydrogen) atoms. The minimum absolute atomic E-state index is 0.732. The molecule has 1 rings (SSSR count). The third-order valence-corrected chi connectivity index (χ3v) is 2.08. The Labute approximate surface area is 92.8 Å². The molecule has 94 valence electrons. The molecule has 0 aromatic heterocycles. The molecular formula is C8H7BF5NO2. The van der Waals surface area contributed by atoms with E-state index in [1.165, 1.54) is 0 Å². The molecule has 0 spiro atoms. The van der Waals surface area contributed by atoms with Crippen LogP contribution in [0.15, 0.2) is 18.2 Å². The number of anilines is 1. The molecule has 0 saturated carbocycles. The maximum absolute atomic E-state index is 13.1. The van der Waals surface area contributed by atoms with Crippen LogP contribution < -0.4 is 11.2 Å². The van der Waals surface area contributed by atoms with Gasteiger partial charge in [0.1, 0.15) is 0 Å². The van der Waals surface area contributed by atoms with Crippen LogP contribution in [-0.2, 0) is 5.92 Å². The summed E-state index contributed by atoms with van der Waals surface area (Å²) in [7, 11) is -2.47. The smallest absolute Gasteiger partial charge is 0.423 e. The Bertz CT molecular complexity index is 421. The summed E-state index contributed by atoms with van der Waals surface area (Å²) < 4.78 is 62.8. The Morgan fingerprint density at radius 3 is 2.00 bits per heavy atom. The lowest BCUT2D eigenvalue weighted by molar-refractivity contribution is -0.288. The quantitative estimate of drug-likeness (QED) is 0.412. The Hall–Kier alpha value is -1.35. The molecule has 0 aliphatic carbocycles. The molecule has 3 nitrogen and oxygen atoms in total. The average Bonchev–Trinajstić information content (AvgIpc) is 2.14. The van der Waals surface area contributed by atoms with Gasteiger partial charge in [-0.05, 0) is 11.5 Å². The van der Waals surface area contributed by atoms with Crippen molar-refractivity contribution in [1.29, 1.82) is 0 Å². The van der Waals surface area contributed by atoms with Gasteiger partial charge in [-0.1, -0.05) is 12.1 Å². The van der Waals surface area contributed by atoms with Crippen LogP contribution in [0.25, 0.3) is 0 Å². The first-order chi connectivity index (χ1) is 7.59. The van der Waals surface area contributed by atoms with Crippen molar-refractivity contribution in [3.63, 3.8) is 0 Å². The highest BCUT2D eigenvalue weighted by molar-refractivity contribution is 6.59. The molecule has 0 bridgehead atoms. The summed E-state index contributed by atoms with van der Waals surface area (Å²) in [5.41, 5.74) is 1.56. The number of hydrogen-bond donors (Lipinski definition) is 3.